The first-order valence-corrected chi connectivity index (χ1v) is 8.74. The maximum absolute atomic E-state index is 14.1. The van der Waals surface area contributed by atoms with E-state index in [0.29, 0.717) is 10.8 Å². The molecule has 3 aromatic carbocycles. The molecule has 7 nitrogen and oxygen atoms in total. The van der Waals surface area contributed by atoms with Crippen molar-refractivity contribution in [3.05, 3.63) is 71.0 Å². The molecule has 0 aliphatic rings. The van der Waals surface area contributed by atoms with Gasteiger partial charge in [0.25, 0.3) is 0 Å². The third kappa shape index (κ3) is 4.00. The van der Waals surface area contributed by atoms with Gasteiger partial charge in [0.2, 0.25) is 11.9 Å². The summed E-state index contributed by atoms with van der Waals surface area (Å²) < 4.78 is 19.8. The van der Waals surface area contributed by atoms with Crippen molar-refractivity contribution in [1.29, 1.82) is 5.26 Å². The Labute approximate surface area is 169 Å². The van der Waals surface area contributed by atoms with Crippen LogP contribution in [-0.4, -0.2) is 15.0 Å². The summed E-state index contributed by atoms with van der Waals surface area (Å²) in [5.41, 5.74) is 6.00. The third-order valence-corrected chi connectivity index (χ3v) is 4.32. The monoisotopic (exact) mass is 406 g/mol. The maximum atomic E-state index is 14.1. The summed E-state index contributed by atoms with van der Waals surface area (Å²) in [6, 6.07) is 16.7. The molecule has 4 rings (SSSR count). The highest BCUT2D eigenvalue weighted by Crippen LogP contribution is 2.29. The SMILES string of the molecule is N#Cc1ccc(Nc2nc(N)nc(Oc3ccc4cccc(Cl)c4c3)n2)c(F)c1. The minimum atomic E-state index is -0.630. The Balaban J connectivity index is 1.62. The van der Waals surface area contributed by atoms with Crippen molar-refractivity contribution in [2.75, 3.05) is 11.1 Å². The van der Waals surface area contributed by atoms with E-state index in [2.05, 4.69) is 20.3 Å². The molecule has 0 amide bonds. The van der Waals surface area contributed by atoms with Crippen LogP contribution in [0.4, 0.5) is 22.0 Å². The molecule has 0 radical (unpaired) electrons. The fourth-order valence-electron chi connectivity index (χ4n) is 2.66. The summed E-state index contributed by atoms with van der Waals surface area (Å²) in [5.74, 6) is -0.290. The first kappa shape index (κ1) is 18.4. The average Bonchev–Trinajstić information content (AvgIpc) is 2.70. The Morgan fingerprint density at radius 1 is 1.07 bits per heavy atom. The number of hydrogen-bond donors (Lipinski definition) is 2. The van der Waals surface area contributed by atoms with Crippen molar-refractivity contribution in [2.45, 2.75) is 0 Å². The zero-order chi connectivity index (χ0) is 20.4. The molecule has 0 saturated heterocycles. The van der Waals surface area contributed by atoms with E-state index in [4.69, 9.17) is 27.3 Å². The number of ether oxygens (including phenoxy) is 1. The second-order valence-corrected chi connectivity index (χ2v) is 6.36. The molecule has 1 heterocycles. The quantitative estimate of drug-likeness (QED) is 0.500. The Bertz CT molecular complexity index is 1270. The number of nitrogen functional groups attached to an aromatic ring is 1. The van der Waals surface area contributed by atoms with Crippen molar-refractivity contribution >= 4 is 40.0 Å². The summed E-state index contributed by atoms with van der Waals surface area (Å²) in [6.45, 7) is 0. The molecule has 0 aliphatic heterocycles. The van der Waals surface area contributed by atoms with Gasteiger partial charge in [-0.25, -0.2) is 4.39 Å². The van der Waals surface area contributed by atoms with Crippen LogP contribution in [-0.2, 0) is 0 Å². The Morgan fingerprint density at radius 2 is 1.93 bits per heavy atom. The van der Waals surface area contributed by atoms with Crippen LogP contribution in [0, 0.1) is 17.1 Å². The summed E-state index contributed by atoms with van der Waals surface area (Å²) in [6.07, 6.45) is 0. The number of halogens is 2. The van der Waals surface area contributed by atoms with Gasteiger partial charge in [-0.2, -0.15) is 20.2 Å². The zero-order valence-corrected chi connectivity index (χ0v) is 15.5. The molecular weight excluding hydrogens is 395 g/mol. The van der Waals surface area contributed by atoms with Gasteiger partial charge >= 0.3 is 6.01 Å². The van der Waals surface area contributed by atoms with E-state index in [9.17, 15) is 4.39 Å². The topological polar surface area (TPSA) is 110 Å². The molecule has 0 fully saturated rings. The molecule has 0 saturated carbocycles. The standard InChI is InChI=1S/C20H12ClFN6O/c21-15-3-1-2-12-5-6-13(9-14(12)15)29-20-27-18(24)26-19(28-20)25-17-7-4-11(10-23)8-16(17)22/h1-9H,(H3,24,25,26,27,28). The predicted molar refractivity (Wildman–Crippen MR) is 108 cm³/mol. The van der Waals surface area contributed by atoms with E-state index in [-0.39, 0.29) is 29.2 Å². The van der Waals surface area contributed by atoms with Gasteiger partial charge in [0.05, 0.1) is 17.3 Å². The van der Waals surface area contributed by atoms with E-state index < -0.39 is 5.82 Å². The van der Waals surface area contributed by atoms with Crippen LogP contribution in [0.5, 0.6) is 11.8 Å². The first-order valence-electron chi connectivity index (χ1n) is 8.36. The van der Waals surface area contributed by atoms with Crippen LogP contribution in [0.1, 0.15) is 5.56 Å². The molecular formula is C20H12ClFN6O. The van der Waals surface area contributed by atoms with Crippen molar-refractivity contribution in [2.24, 2.45) is 0 Å². The van der Waals surface area contributed by atoms with Crippen molar-refractivity contribution in [1.82, 2.24) is 15.0 Å². The molecule has 3 N–H and O–H groups in total. The lowest BCUT2D eigenvalue weighted by molar-refractivity contribution is 0.442. The van der Waals surface area contributed by atoms with Gasteiger partial charge in [-0.1, -0.05) is 29.8 Å². The molecule has 4 aromatic rings. The number of hydrogen-bond acceptors (Lipinski definition) is 7. The second kappa shape index (κ2) is 7.58. The molecule has 0 bridgehead atoms. The van der Waals surface area contributed by atoms with Gasteiger partial charge in [-0.15, -0.1) is 0 Å². The van der Waals surface area contributed by atoms with Crippen molar-refractivity contribution in [3.63, 3.8) is 0 Å². The van der Waals surface area contributed by atoms with Crippen LogP contribution in [0.2, 0.25) is 5.02 Å². The number of nitriles is 1. The largest absolute Gasteiger partial charge is 0.424 e. The lowest BCUT2D eigenvalue weighted by Gasteiger charge is -2.09. The Hall–Kier alpha value is -3.96. The number of aromatic nitrogens is 3. The number of nitrogens with one attached hydrogen (secondary N) is 1. The van der Waals surface area contributed by atoms with Gasteiger partial charge in [0.15, 0.2) is 0 Å². The van der Waals surface area contributed by atoms with E-state index in [1.54, 1.807) is 18.2 Å². The van der Waals surface area contributed by atoms with Gasteiger partial charge < -0.3 is 15.8 Å². The minimum absolute atomic E-state index is 0.00470. The number of anilines is 3. The second-order valence-electron chi connectivity index (χ2n) is 5.96. The molecule has 0 atom stereocenters. The van der Waals surface area contributed by atoms with Crippen molar-refractivity contribution < 1.29 is 9.13 Å². The number of benzene rings is 3. The van der Waals surface area contributed by atoms with Crippen LogP contribution in [0.15, 0.2) is 54.6 Å². The summed E-state index contributed by atoms with van der Waals surface area (Å²) in [4.78, 5) is 12.0. The highest BCUT2D eigenvalue weighted by molar-refractivity contribution is 6.35. The normalized spacial score (nSPS) is 10.5. The van der Waals surface area contributed by atoms with Gasteiger partial charge in [0, 0.05) is 10.4 Å². The number of rotatable bonds is 4. The number of nitrogens with zero attached hydrogens (tertiary/aromatic N) is 4. The molecule has 0 unspecified atom stereocenters. The number of nitrogens with two attached hydrogens (primary N) is 1. The van der Waals surface area contributed by atoms with E-state index >= 15 is 0 Å². The number of fused-ring (bicyclic) bond motifs is 1. The molecule has 9 heteroatoms. The molecule has 142 valence electrons. The molecule has 0 spiro atoms. The highest BCUT2D eigenvalue weighted by atomic mass is 35.5. The van der Waals surface area contributed by atoms with Crippen LogP contribution < -0.4 is 15.8 Å². The smallest absolute Gasteiger partial charge is 0.328 e. The lowest BCUT2D eigenvalue weighted by atomic mass is 10.1. The average molecular weight is 407 g/mol. The van der Waals surface area contributed by atoms with Crippen molar-refractivity contribution in [3.8, 4) is 17.8 Å². The predicted octanol–water partition coefficient (Wildman–Crippen LogP) is 4.81. The fraction of sp³-hybridized carbons (Fsp3) is 0. The molecule has 1 aromatic heterocycles. The van der Waals surface area contributed by atoms with Gasteiger partial charge in [-0.05, 0) is 41.8 Å². The summed E-state index contributed by atoms with van der Waals surface area (Å²) in [7, 11) is 0. The van der Waals surface area contributed by atoms with Gasteiger partial charge in [0.1, 0.15) is 11.6 Å². The van der Waals surface area contributed by atoms with Crippen LogP contribution in [0.3, 0.4) is 0 Å². The Morgan fingerprint density at radius 3 is 2.72 bits per heavy atom. The molecule has 29 heavy (non-hydrogen) atoms. The van der Waals surface area contributed by atoms with E-state index in [1.807, 2.05) is 24.3 Å². The van der Waals surface area contributed by atoms with Crippen LogP contribution in [0.25, 0.3) is 10.8 Å². The van der Waals surface area contributed by atoms with Crippen LogP contribution >= 0.6 is 11.6 Å². The lowest BCUT2D eigenvalue weighted by Crippen LogP contribution is -2.06. The van der Waals surface area contributed by atoms with Gasteiger partial charge in [-0.3, -0.25) is 0 Å². The van der Waals surface area contributed by atoms with E-state index in [1.165, 1.54) is 12.1 Å². The Kier molecular flexibility index (Phi) is 4.81. The summed E-state index contributed by atoms with van der Waals surface area (Å²) in [5, 5.41) is 13.9. The fourth-order valence-corrected chi connectivity index (χ4v) is 2.90. The zero-order valence-electron chi connectivity index (χ0n) is 14.7. The maximum Gasteiger partial charge on any atom is 0.328 e. The summed E-state index contributed by atoms with van der Waals surface area (Å²) >= 11 is 6.23. The van der Waals surface area contributed by atoms with E-state index in [0.717, 1.165) is 16.8 Å². The minimum Gasteiger partial charge on any atom is -0.424 e. The molecule has 0 aliphatic carbocycles. The first-order chi connectivity index (χ1) is 14.0. The third-order valence-electron chi connectivity index (χ3n) is 3.99. The highest BCUT2D eigenvalue weighted by Gasteiger charge is 2.11.